The molecule has 4 rings (SSSR count). The van der Waals surface area contributed by atoms with Crippen molar-refractivity contribution in [1.29, 1.82) is 0 Å². The van der Waals surface area contributed by atoms with Crippen molar-refractivity contribution < 1.29 is 9.90 Å². The van der Waals surface area contributed by atoms with Crippen LogP contribution in [-0.4, -0.2) is 20.9 Å². The number of aryl methyl sites for hydroxylation is 1. The molecule has 0 atom stereocenters. The van der Waals surface area contributed by atoms with Crippen LogP contribution < -0.4 is 0 Å². The number of hydrogen-bond donors (Lipinski definition) is 1. The van der Waals surface area contributed by atoms with Gasteiger partial charge in [0.1, 0.15) is 5.69 Å². The highest BCUT2D eigenvalue weighted by molar-refractivity contribution is 5.91. The van der Waals surface area contributed by atoms with Crippen LogP contribution in [0.5, 0.6) is 0 Å². The van der Waals surface area contributed by atoms with E-state index < -0.39 is 5.97 Å². The number of allylic oxidation sites excluding steroid dienone is 2. The molecule has 4 aromatic rings. The average molecular weight is 451 g/mol. The van der Waals surface area contributed by atoms with Gasteiger partial charge >= 0.3 is 5.97 Å². The third-order valence-electron chi connectivity index (χ3n) is 5.78. The molecule has 4 nitrogen and oxygen atoms in total. The SMILES string of the molecule is O=C(O)CCCC=CCCCn1nc(-c2ccccc2)c(-c2ccccc2)c1-c1ccccc1. The molecule has 34 heavy (non-hydrogen) atoms. The second-order valence-corrected chi connectivity index (χ2v) is 8.29. The van der Waals surface area contributed by atoms with E-state index >= 15 is 0 Å². The van der Waals surface area contributed by atoms with E-state index in [0.29, 0.717) is 6.42 Å². The zero-order valence-corrected chi connectivity index (χ0v) is 19.3. The van der Waals surface area contributed by atoms with E-state index in [-0.39, 0.29) is 6.42 Å². The number of carboxylic acid groups (broad SMARTS) is 1. The topological polar surface area (TPSA) is 55.1 Å². The van der Waals surface area contributed by atoms with Gasteiger partial charge in [-0.15, -0.1) is 0 Å². The normalized spacial score (nSPS) is 11.2. The molecule has 4 heteroatoms. The van der Waals surface area contributed by atoms with E-state index in [1.807, 2.05) is 18.2 Å². The number of unbranched alkanes of at least 4 members (excludes halogenated alkanes) is 2. The van der Waals surface area contributed by atoms with Crippen LogP contribution in [0, 0.1) is 0 Å². The lowest BCUT2D eigenvalue weighted by Gasteiger charge is -2.10. The van der Waals surface area contributed by atoms with Gasteiger partial charge in [-0.2, -0.15) is 5.10 Å². The number of carboxylic acids is 1. The highest BCUT2D eigenvalue weighted by Crippen LogP contribution is 2.40. The van der Waals surface area contributed by atoms with Gasteiger partial charge in [-0.05, 0) is 31.2 Å². The second kappa shape index (κ2) is 11.8. The first-order valence-corrected chi connectivity index (χ1v) is 11.9. The van der Waals surface area contributed by atoms with Crippen LogP contribution in [-0.2, 0) is 11.3 Å². The Balaban J connectivity index is 1.65. The molecule has 0 aliphatic carbocycles. The summed E-state index contributed by atoms with van der Waals surface area (Å²) < 4.78 is 2.15. The molecule has 172 valence electrons. The lowest BCUT2D eigenvalue weighted by atomic mass is 9.96. The van der Waals surface area contributed by atoms with Gasteiger partial charge in [0.15, 0.2) is 0 Å². The van der Waals surface area contributed by atoms with Gasteiger partial charge in [-0.1, -0.05) is 103 Å². The Morgan fingerprint density at radius 3 is 1.85 bits per heavy atom. The van der Waals surface area contributed by atoms with Crippen molar-refractivity contribution in [3.05, 3.63) is 103 Å². The van der Waals surface area contributed by atoms with Crippen molar-refractivity contribution in [3.8, 4) is 33.6 Å². The van der Waals surface area contributed by atoms with Crippen molar-refractivity contribution >= 4 is 5.97 Å². The van der Waals surface area contributed by atoms with E-state index in [0.717, 1.165) is 59.4 Å². The molecular formula is C30H30N2O2. The van der Waals surface area contributed by atoms with Gasteiger partial charge in [0.25, 0.3) is 0 Å². The molecule has 1 heterocycles. The molecule has 1 aromatic heterocycles. The summed E-state index contributed by atoms with van der Waals surface area (Å²) in [7, 11) is 0. The Hall–Kier alpha value is -3.92. The minimum Gasteiger partial charge on any atom is -0.481 e. The summed E-state index contributed by atoms with van der Waals surface area (Å²) in [6.07, 6.45) is 7.85. The lowest BCUT2D eigenvalue weighted by molar-refractivity contribution is -0.137. The Morgan fingerprint density at radius 2 is 1.26 bits per heavy atom. The van der Waals surface area contributed by atoms with Crippen molar-refractivity contribution in [2.45, 2.75) is 38.6 Å². The number of aliphatic carboxylic acids is 1. The number of benzene rings is 3. The number of nitrogens with zero attached hydrogens (tertiary/aromatic N) is 2. The summed E-state index contributed by atoms with van der Waals surface area (Å²) in [5, 5.41) is 13.9. The predicted molar refractivity (Wildman–Crippen MR) is 138 cm³/mol. The Labute approximate surface area is 201 Å². The van der Waals surface area contributed by atoms with Crippen LogP contribution >= 0.6 is 0 Å². The van der Waals surface area contributed by atoms with E-state index in [9.17, 15) is 4.79 Å². The molecule has 0 amide bonds. The molecule has 0 spiro atoms. The van der Waals surface area contributed by atoms with Gasteiger partial charge < -0.3 is 5.11 Å². The zero-order valence-electron chi connectivity index (χ0n) is 19.3. The molecular weight excluding hydrogens is 420 g/mol. The molecule has 0 aliphatic rings. The van der Waals surface area contributed by atoms with Crippen LogP contribution in [0.2, 0.25) is 0 Å². The first-order chi connectivity index (χ1) is 16.7. The molecule has 0 aliphatic heterocycles. The Bertz CT molecular complexity index is 1210. The van der Waals surface area contributed by atoms with Gasteiger partial charge in [0.05, 0.1) is 5.69 Å². The minimum absolute atomic E-state index is 0.225. The second-order valence-electron chi connectivity index (χ2n) is 8.29. The largest absolute Gasteiger partial charge is 0.481 e. The Kier molecular flexibility index (Phi) is 8.07. The minimum atomic E-state index is -0.732. The van der Waals surface area contributed by atoms with Crippen molar-refractivity contribution in [2.24, 2.45) is 0 Å². The van der Waals surface area contributed by atoms with E-state index in [1.165, 1.54) is 0 Å². The predicted octanol–water partition coefficient (Wildman–Crippen LogP) is 7.48. The third-order valence-corrected chi connectivity index (χ3v) is 5.78. The van der Waals surface area contributed by atoms with Gasteiger partial charge in [-0.25, -0.2) is 0 Å². The van der Waals surface area contributed by atoms with Gasteiger partial charge in [0, 0.05) is 29.7 Å². The maximum atomic E-state index is 10.6. The van der Waals surface area contributed by atoms with Crippen molar-refractivity contribution in [1.82, 2.24) is 9.78 Å². The van der Waals surface area contributed by atoms with Crippen LogP contribution in [0.3, 0.4) is 0 Å². The standard InChI is InChI=1S/C30H30N2O2/c33-27(34)22-14-3-1-2-4-15-23-32-30(26-20-12-7-13-21-26)28(24-16-8-5-9-17-24)29(31-32)25-18-10-6-11-19-25/h1-2,5-13,16-21H,3-4,14-15,22-23H2,(H,33,34). The molecule has 0 saturated heterocycles. The summed E-state index contributed by atoms with van der Waals surface area (Å²) in [6, 6.07) is 31.4. The number of rotatable bonds is 11. The van der Waals surface area contributed by atoms with Crippen LogP contribution in [0.4, 0.5) is 0 Å². The number of carbonyl (C=O) groups is 1. The lowest BCUT2D eigenvalue weighted by Crippen LogP contribution is -2.02. The molecule has 0 unspecified atom stereocenters. The maximum absolute atomic E-state index is 10.6. The van der Waals surface area contributed by atoms with Gasteiger partial charge in [-0.3, -0.25) is 9.48 Å². The monoisotopic (exact) mass is 450 g/mol. The molecule has 0 radical (unpaired) electrons. The highest BCUT2D eigenvalue weighted by Gasteiger charge is 2.21. The molecule has 3 aromatic carbocycles. The van der Waals surface area contributed by atoms with E-state index in [2.05, 4.69) is 89.6 Å². The quantitative estimate of drug-likeness (QED) is 0.190. The van der Waals surface area contributed by atoms with Gasteiger partial charge in [0.2, 0.25) is 0 Å². The average Bonchev–Trinajstić information content (AvgIpc) is 3.26. The van der Waals surface area contributed by atoms with E-state index in [1.54, 1.807) is 0 Å². The summed E-state index contributed by atoms with van der Waals surface area (Å²) in [5.74, 6) is -0.732. The summed E-state index contributed by atoms with van der Waals surface area (Å²) >= 11 is 0. The van der Waals surface area contributed by atoms with E-state index in [4.69, 9.17) is 10.2 Å². The Morgan fingerprint density at radius 1 is 0.735 bits per heavy atom. The summed E-state index contributed by atoms with van der Waals surface area (Å²) in [6.45, 7) is 0.802. The molecule has 0 saturated carbocycles. The summed E-state index contributed by atoms with van der Waals surface area (Å²) in [5.41, 5.74) is 6.70. The molecule has 0 fully saturated rings. The highest BCUT2D eigenvalue weighted by atomic mass is 16.4. The molecule has 0 bridgehead atoms. The van der Waals surface area contributed by atoms with Crippen molar-refractivity contribution in [2.75, 3.05) is 0 Å². The third kappa shape index (κ3) is 5.90. The smallest absolute Gasteiger partial charge is 0.303 e. The zero-order chi connectivity index (χ0) is 23.6. The number of aromatic nitrogens is 2. The molecule has 1 N–H and O–H groups in total. The summed E-state index contributed by atoms with van der Waals surface area (Å²) in [4.78, 5) is 10.6. The fraction of sp³-hybridized carbons (Fsp3) is 0.200. The number of hydrogen-bond acceptors (Lipinski definition) is 2. The van der Waals surface area contributed by atoms with Crippen LogP contribution in [0.15, 0.2) is 103 Å². The maximum Gasteiger partial charge on any atom is 0.303 e. The van der Waals surface area contributed by atoms with Crippen LogP contribution in [0.1, 0.15) is 32.1 Å². The fourth-order valence-electron chi connectivity index (χ4n) is 4.16. The van der Waals surface area contributed by atoms with Crippen molar-refractivity contribution in [3.63, 3.8) is 0 Å². The van der Waals surface area contributed by atoms with Crippen LogP contribution in [0.25, 0.3) is 33.6 Å². The first kappa shape index (κ1) is 23.2. The first-order valence-electron chi connectivity index (χ1n) is 11.9. The fourth-order valence-corrected chi connectivity index (χ4v) is 4.16.